The number of hydrogen-bond acceptors (Lipinski definition) is 2. The maximum atomic E-state index is 11.9. The molecule has 2 amide bonds. The molecular formula is C13H16N2O3. The second-order valence-corrected chi connectivity index (χ2v) is 4.34. The van der Waals surface area contributed by atoms with Gasteiger partial charge in [-0.15, -0.1) is 0 Å². The number of hydrogen-bond donors (Lipinski definition) is 2. The van der Waals surface area contributed by atoms with Gasteiger partial charge in [0.05, 0.1) is 12.5 Å². The molecule has 5 heteroatoms. The van der Waals surface area contributed by atoms with Crippen molar-refractivity contribution in [2.75, 3.05) is 11.4 Å². The number of nitrogens with one attached hydrogen (secondary N) is 1. The molecule has 1 aliphatic heterocycles. The summed E-state index contributed by atoms with van der Waals surface area (Å²) in [4.78, 5) is 24.1. The van der Waals surface area contributed by atoms with Gasteiger partial charge in [0.15, 0.2) is 0 Å². The number of rotatable bonds is 4. The van der Waals surface area contributed by atoms with Crippen molar-refractivity contribution >= 4 is 17.7 Å². The van der Waals surface area contributed by atoms with Gasteiger partial charge in [-0.05, 0) is 18.1 Å². The fourth-order valence-corrected chi connectivity index (χ4v) is 2.21. The number of aliphatic carboxylic acids is 1. The second-order valence-electron chi connectivity index (χ2n) is 4.34. The third-order valence-corrected chi connectivity index (χ3v) is 3.06. The summed E-state index contributed by atoms with van der Waals surface area (Å²) in [5.41, 5.74) is 1.95. The van der Waals surface area contributed by atoms with E-state index in [1.807, 2.05) is 31.2 Å². The Morgan fingerprint density at radius 1 is 1.50 bits per heavy atom. The summed E-state index contributed by atoms with van der Waals surface area (Å²) in [6, 6.07) is 7.15. The normalized spacial score (nSPS) is 18.8. The third kappa shape index (κ3) is 2.45. The predicted molar refractivity (Wildman–Crippen MR) is 67.7 cm³/mol. The number of amides is 2. The number of carboxylic acids is 1. The van der Waals surface area contributed by atoms with E-state index in [-0.39, 0.29) is 18.5 Å². The summed E-state index contributed by atoms with van der Waals surface area (Å²) >= 11 is 0. The van der Waals surface area contributed by atoms with Crippen LogP contribution in [0, 0.1) is 0 Å². The van der Waals surface area contributed by atoms with Gasteiger partial charge >= 0.3 is 12.0 Å². The average molecular weight is 248 g/mol. The smallest absolute Gasteiger partial charge is 0.322 e. The number of nitrogens with zero attached hydrogens (tertiary/aromatic N) is 1. The van der Waals surface area contributed by atoms with Crippen LogP contribution < -0.4 is 10.2 Å². The molecule has 0 radical (unpaired) electrons. The Balaban J connectivity index is 2.19. The quantitative estimate of drug-likeness (QED) is 0.850. The van der Waals surface area contributed by atoms with Crippen LogP contribution in [0.4, 0.5) is 10.5 Å². The third-order valence-electron chi connectivity index (χ3n) is 3.06. The Morgan fingerprint density at radius 2 is 2.22 bits per heavy atom. The summed E-state index contributed by atoms with van der Waals surface area (Å²) in [6.07, 6.45) is 0.792. The van der Waals surface area contributed by atoms with E-state index in [1.54, 1.807) is 4.90 Å². The molecular weight excluding hydrogens is 232 g/mol. The van der Waals surface area contributed by atoms with E-state index in [2.05, 4.69) is 5.32 Å². The first kappa shape index (κ1) is 12.4. The van der Waals surface area contributed by atoms with Crippen molar-refractivity contribution in [2.45, 2.75) is 25.8 Å². The number of benzene rings is 1. The summed E-state index contributed by atoms with van der Waals surface area (Å²) in [5.74, 6) is -0.897. The molecule has 0 aliphatic carbocycles. The average Bonchev–Trinajstić information content (AvgIpc) is 2.69. The zero-order valence-corrected chi connectivity index (χ0v) is 10.2. The molecule has 1 unspecified atom stereocenters. The fourth-order valence-electron chi connectivity index (χ4n) is 2.21. The minimum atomic E-state index is -0.897. The van der Waals surface area contributed by atoms with Gasteiger partial charge in [0.2, 0.25) is 0 Å². The zero-order chi connectivity index (χ0) is 13.1. The van der Waals surface area contributed by atoms with Crippen LogP contribution in [-0.4, -0.2) is 29.7 Å². The lowest BCUT2D eigenvalue weighted by Crippen LogP contribution is -2.29. The van der Waals surface area contributed by atoms with E-state index in [4.69, 9.17) is 5.11 Å². The topological polar surface area (TPSA) is 69.6 Å². The molecule has 2 rings (SSSR count). The maximum Gasteiger partial charge on any atom is 0.322 e. The number of aryl methyl sites for hydroxylation is 1. The molecule has 1 aromatic carbocycles. The first-order chi connectivity index (χ1) is 8.61. The molecule has 0 aromatic heterocycles. The highest BCUT2D eigenvalue weighted by Crippen LogP contribution is 2.24. The number of anilines is 1. The predicted octanol–water partition coefficient (Wildman–Crippen LogP) is 1.62. The van der Waals surface area contributed by atoms with Crippen LogP contribution in [0.3, 0.4) is 0 Å². The minimum absolute atomic E-state index is 0.0451. The van der Waals surface area contributed by atoms with Crippen molar-refractivity contribution in [2.24, 2.45) is 0 Å². The van der Waals surface area contributed by atoms with Gasteiger partial charge in [-0.3, -0.25) is 9.69 Å². The molecule has 1 atom stereocenters. The molecule has 1 heterocycles. The molecule has 1 aromatic rings. The van der Waals surface area contributed by atoms with Crippen molar-refractivity contribution in [3.8, 4) is 0 Å². The van der Waals surface area contributed by atoms with E-state index in [9.17, 15) is 9.59 Å². The lowest BCUT2D eigenvalue weighted by molar-refractivity contribution is -0.137. The zero-order valence-electron chi connectivity index (χ0n) is 10.2. The molecule has 0 spiro atoms. The highest BCUT2D eigenvalue weighted by molar-refractivity contribution is 5.95. The summed E-state index contributed by atoms with van der Waals surface area (Å²) in [6.45, 7) is 2.43. The summed E-state index contributed by atoms with van der Waals surface area (Å²) in [5, 5.41) is 11.4. The Bertz CT molecular complexity index is 473. The Morgan fingerprint density at radius 3 is 2.89 bits per heavy atom. The second kappa shape index (κ2) is 5.08. The van der Waals surface area contributed by atoms with Crippen LogP contribution in [0.25, 0.3) is 0 Å². The first-order valence-electron chi connectivity index (χ1n) is 5.99. The number of carbonyl (C=O) groups is 2. The number of urea groups is 1. The van der Waals surface area contributed by atoms with Crippen LogP contribution in [0.5, 0.6) is 0 Å². The van der Waals surface area contributed by atoms with E-state index < -0.39 is 5.97 Å². The summed E-state index contributed by atoms with van der Waals surface area (Å²) < 4.78 is 0. The van der Waals surface area contributed by atoms with Crippen LogP contribution in [0.1, 0.15) is 18.9 Å². The van der Waals surface area contributed by atoms with Crippen LogP contribution in [0.2, 0.25) is 0 Å². The van der Waals surface area contributed by atoms with Gasteiger partial charge in [0, 0.05) is 12.2 Å². The van der Waals surface area contributed by atoms with Gasteiger partial charge < -0.3 is 10.4 Å². The molecule has 96 valence electrons. The fraction of sp³-hybridized carbons (Fsp3) is 0.385. The van der Waals surface area contributed by atoms with Gasteiger partial charge in [-0.25, -0.2) is 4.79 Å². The van der Waals surface area contributed by atoms with Gasteiger partial charge in [0.25, 0.3) is 0 Å². The largest absolute Gasteiger partial charge is 0.481 e. The number of carboxylic acid groups (broad SMARTS) is 1. The van der Waals surface area contributed by atoms with E-state index in [0.29, 0.717) is 6.54 Å². The lowest BCUT2D eigenvalue weighted by Gasteiger charge is -2.18. The maximum absolute atomic E-state index is 11.9. The Hall–Kier alpha value is -2.04. The van der Waals surface area contributed by atoms with Crippen LogP contribution in [-0.2, 0) is 11.2 Å². The van der Waals surface area contributed by atoms with Gasteiger partial charge in [-0.2, -0.15) is 0 Å². The van der Waals surface area contributed by atoms with Crippen molar-refractivity contribution < 1.29 is 14.7 Å². The molecule has 1 saturated heterocycles. The van der Waals surface area contributed by atoms with Crippen molar-refractivity contribution in [1.82, 2.24) is 5.32 Å². The molecule has 1 fully saturated rings. The first-order valence-corrected chi connectivity index (χ1v) is 5.99. The van der Waals surface area contributed by atoms with E-state index in [0.717, 1.165) is 17.7 Å². The molecule has 0 saturated carbocycles. The van der Waals surface area contributed by atoms with Crippen molar-refractivity contribution in [3.05, 3.63) is 29.8 Å². The molecule has 5 nitrogen and oxygen atoms in total. The van der Waals surface area contributed by atoms with Crippen LogP contribution in [0.15, 0.2) is 24.3 Å². The Labute approximate surface area is 105 Å². The highest BCUT2D eigenvalue weighted by Gasteiger charge is 2.31. The lowest BCUT2D eigenvalue weighted by atomic mass is 10.1. The number of para-hydroxylation sites is 1. The molecule has 18 heavy (non-hydrogen) atoms. The molecule has 1 aliphatic rings. The van der Waals surface area contributed by atoms with Crippen molar-refractivity contribution in [3.63, 3.8) is 0 Å². The monoisotopic (exact) mass is 248 g/mol. The standard InChI is InChI=1S/C13H16N2O3/c1-2-9-5-3-4-6-11(9)15-8-10(7-12(16)17)14-13(15)18/h3-6,10H,2,7-8H2,1H3,(H,14,18)(H,16,17). The van der Waals surface area contributed by atoms with Gasteiger partial charge in [-0.1, -0.05) is 25.1 Å². The van der Waals surface area contributed by atoms with Gasteiger partial charge in [0.1, 0.15) is 0 Å². The number of carbonyl (C=O) groups excluding carboxylic acids is 1. The Kier molecular flexibility index (Phi) is 3.50. The van der Waals surface area contributed by atoms with E-state index >= 15 is 0 Å². The highest BCUT2D eigenvalue weighted by atomic mass is 16.4. The molecule has 0 bridgehead atoms. The SMILES string of the molecule is CCc1ccccc1N1CC(CC(=O)O)NC1=O. The summed E-state index contributed by atoms with van der Waals surface area (Å²) in [7, 11) is 0. The minimum Gasteiger partial charge on any atom is -0.481 e. The van der Waals surface area contributed by atoms with Crippen molar-refractivity contribution in [1.29, 1.82) is 0 Å². The molecule has 2 N–H and O–H groups in total. The van der Waals surface area contributed by atoms with Crippen LogP contribution >= 0.6 is 0 Å². The van der Waals surface area contributed by atoms with E-state index in [1.165, 1.54) is 0 Å².